The van der Waals surface area contributed by atoms with Crippen LogP contribution >= 0.6 is 0 Å². The molecule has 2 heteroatoms. The molecule has 1 amide bonds. The molecule has 0 heterocycles. The number of aryl methyl sites for hydroxylation is 2. The topological polar surface area (TPSA) is 29.1 Å². The van der Waals surface area contributed by atoms with Crippen LogP contribution < -0.4 is 5.32 Å². The van der Waals surface area contributed by atoms with Crippen molar-refractivity contribution in [2.24, 2.45) is 0 Å². The third kappa shape index (κ3) is 3.39. The van der Waals surface area contributed by atoms with E-state index in [0.29, 0.717) is 12.5 Å². The summed E-state index contributed by atoms with van der Waals surface area (Å²) in [6, 6.07) is 6.45. The van der Waals surface area contributed by atoms with Gasteiger partial charge in [-0.3, -0.25) is 4.79 Å². The molecule has 1 atom stereocenters. The minimum atomic E-state index is 0.0344. The van der Waals surface area contributed by atoms with Gasteiger partial charge in [0.15, 0.2) is 0 Å². The minimum Gasteiger partial charge on any atom is -0.356 e. The lowest BCUT2D eigenvalue weighted by atomic mass is 9.94. The SMILES string of the molecule is CC(=O)NCC(C)c1cc(C)ccc1C. The van der Waals surface area contributed by atoms with Gasteiger partial charge in [-0.25, -0.2) is 0 Å². The second kappa shape index (κ2) is 4.96. The average Bonchev–Trinajstić information content (AvgIpc) is 2.18. The van der Waals surface area contributed by atoms with E-state index in [0.717, 1.165) is 0 Å². The van der Waals surface area contributed by atoms with Crippen molar-refractivity contribution in [2.45, 2.75) is 33.6 Å². The van der Waals surface area contributed by atoms with Crippen LogP contribution in [0.15, 0.2) is 18.2 Å². The van der Waals surface area contributed by atoms with E-state index >= 15 is 0 Å². The Balaban J connectivity index is 2.76. The maximum atomic E-state index is 10.8. The molecule has 0 saturated carbocycles. The van der Waals surface area contributed by atoms with Gasteiger partial charge in [0.2, 0.25) is 5.91 Å². The summed E-state index contributed by atoms with van der Waals surface area (Å²) in [6.45, 7) is 8.60. The van der Waals surface area contributed by atoms with Gasteiger partial charge in [0.1, 0.15) is 0 Å². The van der Waals surface area contributed by atoms with E-state index in [1.165, 1.54) is 16.7 Å². The number of hydrogen-bond acceptors (Lipinski definition) is 1. The van der Waals surface area contributed by atoms with Crippen molar-refractivity contribution in [2.75, 3.05) is 6.54 Å². The molecule has 0 aliphatic heterocycles. The molecule has 0 aliphatic carbocycles. The third-order valence-electron chi connectivity index (χ3n) is 2.62. The van der Waals surface area contributed by atoms with Crippen LogP contribution in [0.2, 0.25) is 0 Å². The maximum absolute atomic E-state index is 10.8. The van der Waals surface area contributed by atoms with Crippen LogP contribution in [0.1, 0.15) is 36.5 Å². The van der Waals surface area contributed by atoms with Gasteiger partial charge >= 0.3 is 0 Å². The fourth-order valence-electron chi connectivity index (χ4n) is 1.70. The van der Waals surface area contributed by atoms with Crippen LogP contribution in [0, 0.1) is 13.8 Å². The summed E-state index contributed by atoms with van der Waals surface area (Å²) >= 11 is 0. The number of hydrogen-bond donors (Lipinski definition) is 1. The number of benzene rings is 1. The highest BCUT2D eigenvalue weighted by Crippen LogP contribution is 2.20. The Kier molecular flexibility index (Phi) is 3.89. The Morgan fingerprint density at radius 3 is 2.67 bits per heavy atom. The molecule has 0 radical (unpaired) electrons. The fourth-order valence-corrected chi connectivity index (χ4v) is 1.70. The molecule has 0 bridgehead atoms. The molecular formula is C13H19NO. The molecule has 1 aromatic carbocycles. The Hall–Kier alpha value is -1.31. The number of amides is 1. The quantitative estimate of drug-likeness (QED) is 0.807. The van der Waals surface area contributed by atoms with Gasteiger partial charge in [0.25, 0.3) is 0 Å². The second-order valence-electron chi connectivity index (χ2n) is 4.20. The summed E-state index contributed by atoms with van der Waals surface area (Å²) in [7, 11) is 0. The van der Waals surface area contributed by atoms with Crippen LogP contribution in [0.3, 0.4) is 0 Å². The first-order valence-corrected chi connectivity index (χ1v) is 5.32. The summed E-state index contributed by atoms with van der Waals surface area (Å²) < 4.78 is 0. The predicted molar refractivity (Wildman–Crippen MR) is 63.0 cm³/mol. The largest absolute Gasteiger partial charge is 0.356 e. The van der Waals surface area contributed by atoms with Crippen molar-refractivity contribution in [3.63, 3.8) is 0 Å². The van der Waals surface area contributed by atoms with Crippen LogP contribution in [-0.2, 0) is 4.79 Å². The van der Waals surface area contributed by atoms with Crippen molar-refractivity contribution in [1.82, 2.24) is 5.32 Å². The summed E-state index contributed by atoms with van der Waals surface area (Å²) in [6.07, 6.45) is 0. The van der Waals surface area contributed by atoms with Crippen LogP contribution in [0.4, 0.5) is 0 Å². The van der Waals surface area contributed by atoms with Gasteiger partial charge in [-0.15, -0.1) is 0 Å². The highest BCUT2D eigenvalue weighted by molar-refractivity contribution is 5.72. The van der Waals surface area contributed by atoms with Crippen molar-refractivity contribution >= 4 is 5.91 Å². The molecule has 2 nitrogen and oxygen atoms in total. The lowest BCUT2D eigenvalue weighted by Gasteiger charge is -2.15. The molecule has 1 aromatic rings. The van der Waals surface area contributed by atoms with Gasteiger partial charge in [0.05, 0.1) is 0 Å². The van der Waals surface area contributed by atoms with Gasteiger partial charge in [-0.05, 0) is 30.9 Å². The van der Waals surface area contributed by atoms with E-state index < -0.39 is 0 Å². The zero-order chi connectivity index (χ0) is 11.4. The Labute approximate surface area is 91.7 Å². The van der Waals surface area contributed by atoms with E-state index in [1.807, 2.05) is 0 Å². The smallest absolute Gasteiger partial charge is 0.216 e. The molecule has 1 unspecified atom stereocenters. The Morgan fingerprint density at radius 2 is 2.07 bits per heavy atom. The van der Waals surface area contributed by atoms with E-state index in [1.54, 1.807) is 6.92 Å². The van der Waals surface area contributed by atoms with E-state index in [-0.39, 0.29) is 5.91 Å². The molecule has 0 aromatic heterocycles. The molecule has 0 fully saturated rings. The predicted octanol–water partition coefficient (Wildman–Crippen LogP) is 2.54. The molecule has 15 heavy (non-hydrogen) atoms. The molecular weight excluding hydrogens is 186 g/mol. The lowest BCUT2D eigenvalue weighted by molar-refractivity contribution is -0.119. The summed E-state index contributed by atoms with van der Waals surface area (Å²) in [5.74, 6) is 0.404. The van der Waals surface area contributed by atoms with E-state index in [2.05, 4.69) is 44.3 Å². The van der Waals surface area contributed by atoms with Crippen molar-refractivity contribution in [3.8, 4) is 0 Å². The van der Waals surface area contributed by atoms with Crippen LogP contribution in [-0.4, -0.2) is 12.5 Å². The summed E-state index contributed by atoms with van der Waals surface area (Å²) in [5.41, 5.74) is 3.88. The number of carbonyl (C=O) groups is 1. The minimum absolute atomic E-state index is 0.0344. The fraction of sp³-hybridized carbons (Fsp3) is 0.462. The van der Waals surface area contributed by atoms with Crippen molar-refractivity contribution < 1.29 is 4.79 Å². The van der Waals surface area contributed by atoms with Gasteiger partial charge in [-0.2, -0.15) is 0 Å². The van der Waals surface area contributed by atoms with E-state index in [4.69, 9.17) is 0 Å². The van der Waals surface area contributed by atoms with Crippen LogP contribution in [0.25, 0.3) is 0 Å². The lowest BCUT2D eigenvalue weighted by Crippen LogP contribution is -2.25. The van der Waals surface area contributed by atoms with Crippen molar-refractivity contribution in [1.29, 1.82) is 0 Å². The Bertz CT molecular complexity index is 358. The summed E-state index contributed by atoms with van der Waals surface area (Å²) in [5, 5.41) is 2.85. The summed E-state index contributed by atoms with van der Waals surface area (Å²) in [4.78, 5) is 10.8. The molecule has 0 aliphatic rings. The van der Waals surface area contributed by atoms with E-state index in [9.17, 15) is 4.79 Å². The maximum Gasteiger partial charge on any atom is 0.216 e. The van der Waals surface area contributed by atoms with Crippen molar-refractivity contribution in [3.05, 3.63) is 34.9 Å². The van der Waals surface area contributed by atoms with Gasteiger partial charge < -0.3 is 5.32 Å². The van der Waals surface area contributed by atoms with Crippen LogP contribution in [0.5, 0.6) is 0 Å². The third-order valence-corrected chi connectivity index (χ3v) is 2.62. The monoisotopic (exact) mass is 205 g/mol. The molecule has 0 saturated heterocycles. The number of nitrogens with one attached hydrogen (secondary N) is 1. The molecule has 1 rings (SSSR count). The number of carbonyl (C=O) groups excluding carboxylic acids is 1. The first kappa shape index (κ1) is 11.8. The highest BCUT2D eigenvalue weighted by atomic mass is 16.1. The number of rotatable bonds is 3. The molecule has 0 spiro atoms. The van der Waals surface area contributed by atoms with Gasteiger partial charge in [-0.1, -0.05) is 30.7 Å². The Morgan fingerprint density at radius 1 is 1.40 bits per heavy atom. The highest BCUT2D eigenvalue weighted by Gasteiger charge is 2.08. The second-order valence-corrected chi connectivity index (χ2v) is 4.20. The normalized spacial score (nSPS) is 12.3. The average molecular weight is 205 g/mol. The molecule has 82 valence electrons. The zero-order valence-electron chi connectivity index (χ0n) is 9.92. The molecule has 1 N–H and O–H groups in total. The standard InChI is InChI=1S/C13H19NO/c1-9-5-6-10(2)13(7-9)11(3)8-14-12(4)15/h5-7,11H,8H2,1-4H3,(H,14,15). The first-order chi connectivity index (χ1) is 7.00. The first-order valence-electron chi connectivity index (χ1n) is 5.32. The zero-order valence-corrected chi connectivity index (χ0v) is 9.92. The van der Waals surface area contributed by atoms with Gasteiger partial charge in [0, 0.05) is 13.5 Å².